The van der Waals surface area contributed by atoms with Gasteiger partial charge in [0.2, 0.25) is 0 Å². The minimum Gasteiger partial charge on any atom is -0.370 e. The predicted octanol–water partition coefficient (Wildman–Crippen LogP) is 2.37. The number of benzene rings is 1. The first-order valence-electron chi connectivity index (χ1n) is 11.5. The first-order chi connectivity index (χ1) is 15.7. The maximum absolute atomic E-state index is 12.2. The number of hydrogen-bond acceptors (Lipinski definition) is 7. The van der Waals surface area contributed by atoms with Crippen LogP contribution in [0.3, 0.4) is 0 Å². The molecular formula is C23H36N6O4. The highest BCUT2D eigenvalue weighted by Gasteiger charge is 2.21. The molecular weight excluding hydrogens is 424 g/mol. The summed E-state index contributed by atoms with van der Waals surface area (Å²) < 4.78 is 2.52. The molecule has 0 bridgehead atoms. The second kappa shape index (κ2) is 12.3. The molecule has 0 saturated heterocycles. The van der Waals surface area contributed by atoms with Gasteiger partial charge < -0.3 is 5.32 Å². The standard InChI is InChI=1S/C23H36N6O4/c1-6-19(12-9-18-10-13-20(14-11-18)29(32)33)28(27(7-2)8-3)16-15-24-21-17-22(30)26(5)23(31)25(21)4/h10-11,13-14,17,19,24H,6-9,12,15-16H2,1-5H3. The highest BCUT2D eigenvalue weighted by Crippen LogP contribution is 2.18. The van der Waals surface area contributed by atoms with Gasteiger partial charge in [0.15, 0.2) is 0 Å². The highest BCUT2D eigenvalue weighted by atomic mass is 16.6. The van der Waals surface area contributed by atoms with E-state index in [4.69, 9.17) is 0 Å². The predicted molar refractivity (Wildman–Crippen MR) is 131 cm³/mol. The third-order valence-corrected chi connectivity index (χ3v) is 6.07. The Labute approximate surface area is 194 Å². The summed E-state index contributed by atoms with van der Waals surface area (Å²) in [6, 6.07) is 8.48. The van der Waals surface area contributed by atoms with E-state index >= 15 is 0 Å². The van der Waals surface area contributed by atoms with E-state index in [-0.39, 0.29) is 27.9 Å². The quantitative estimate of drug-likeness (QED) is 0.361. The molecule has 1 atom stereocenters. The Morgan fingerprint density at radius 1 is 1.06 bits per heavy atom. The van der Waals surface area contributed by atoms with E-state index in [1.807, 2.05) is 12.1 Å². The summed E-state index contributed by atoms with van der Waals surface area (Å²) in [7, 11) is 3.11. The molecule has 0 amide bonds. The molecule has 33 heavy (non-hydrogen) atoms. The number of rotatable bonds is 13. The lowest BCUT2D eigenvalue weighted by Crippen LogP contribution is -2.50. The van der Waals surface area contributed by atoms with Crippen molar-refractivity contribution in [1.29, 1.82) is 0 Å². The number of nitro groups is 1. The van der Waals surface area contributed by atoms with Crippen LogP contribution in [0, 0.1) is 10.1 Å². The van der Waals surface area contributed by atoms with Crippen molar-refractivity contribution in [2.24, 2.45) is 14.1 Å². The molecule has 0 saturated carbocycles. The second-order valence-electron chi connectivity index (χ2n) is 8.02. The first kappa shape index (κ1) is 26.3. The van der Waals surface area contributed by atoms with Crippen molar-refractivity contribution >= 4 is 11.5 Å². The molecule has 182 valence electrons. The number of aromatic nitrogens is 2. The van der Waals surface area contributed by atoms with Gasteiger partial charge in [-0.05, 0) is 24.8 Å². The van der Waals surface area contributed by atoms with E-state index in [1.165, 1.54) is 17.7 Å². The van der Waals surface area contributed by atoms with Crippen LogP contribution in [0.5, 0.6) is 0 Å². The van der Waals surface area contributed by atoms with Crippen LogP contribution >= 0.6 is 0 Å². The Kier molecular flexibility index (Phi) is 9.80. The molecule has 1 aromatic carbocycles. The van der Waals surface area contributed by atoms with Crippen LogP contribution in [0.15, 0.2) is 39.9 Å². The lowest BCUT2D eigenvalue weighted by Gasteiger charge is -2.39. The summed E-state index contributed by atoms with van der Waals surface area (Å²) in [5, 5.41) is 18.8. The second-order valence-corrected chi connectivity index (χ2v) is 8.02. The van der Waals surface area contributed by atoms with Crippen molar-refractivity contribution in [1.82, 2.24) is 19.2 Å². The third-order valence-electron chi connectivity index (χ3n) is 6.07. The average Bonchev–Trinajstić information content (AvgIpc) is 2.81. The van der Waals surface area contributed by atoms with Crippen molar-refractivity contribution in [3.05, 3.63) is 66.8 Å². The van der Waals surface area contributed by atoms with Crippen molar-refractivity contribution in [3.63, 3.8) is 0 Å². The summed E-state index contributed by atoms with van der Waals surface area (Å²) in [5.41, 5.74) is 0.481. The van der Waals surface area contributed by atoms with E-state index < -0.39 is 0 Å². The SMILES string of the molecule is CCC(CCc1ccc([N+](=O)[O-])cc1)N(CCNc1cc(=O)n(C)c(=O)n1C)N(CC)CC. The van der Waals surface area contributed by atoms with Gasteiger partial charge >= 0.3 is 5.69 Å². The normalized spacial score (nSPS) is 12.3. The largest absolute Gasteiger partial charge is 0.370 e. The van der Waals surface area contributed by atoms with Gasteiger partial charge in [-0.1, -0.05) is 32.9 Å². The lowest BCUT2D eigenvalue weighted by molar-refractivity contribution is -0.384. The molecule has 1 heterocycles. The van der Waals surface area contributed by atoms with Crippen LogP contribution in [0.2, 0.25) is 0 Å². The number of nitro benzene ring substituents is 1. The number of hydrazine groups is 1. The first-order valence-corrected chi connectivity index (χ1v) is 11.5. The van der Waals surface area contributed by atoms with Crippen LogP contribution < -0.4 is 16.6 Å². The molecule has 0 fully saturated rings. The van der Waals surface area contributed by atoms with Crippen LogP contribution in [-0.2, 0) is 20.5 Å². The van der Waals surface area contributed by atoms with Crippen molar-refractivity contribution in [2.45, 2.75) is 46.1 Å². The fraction of sp³-hybridized carbons (Fsp3) is 0.565. The molecule has 1 N–H and O–H groups in total. The summed E-state index contributed by atoms with van der Waals surface area (Å²) in [4.78, 5) is 34.7. The molecule has 2 aromatic rings. The van der Waals surface area contributed by atoms with Crippen LogP contribution in [0.25, 0.3) is 0 Å². The summed E-state index contributed by atoms with van der Waals surface area (Å²) in [6.07, 6.45) is 2.69. The molecule has 0 aliphatic heterocycles. The Hall–Kier alpha value is -2.98. The Morgan fingerprint density at radius 2 is 1.70 bits per heavy atom. The van der Waals surface area contributed by atoms with Gasteiger partial charge in [0.25, 0.3) is 11.2 Å². The lowest BCUT2D eigenvalue weighted by atomic mass is 10.0. The number of nitrogens with zero attached hydrogens (tertiary/aromatic N) is 5. The van der Waals surface area contributed by atoms with E-state index in [9.17, 15) is 19.7 Å². The van der Waals surface area contributed by atoms with Crippen molar-refractivity contribution in [3.8, 4) is 0 Å². The van der Waals surface area contributed by atoms with E-state index in [1.54, 1.807) is 19.2 Å². The monoisotopic (exact) mass is 460 g/mol. The van der Waals surface area contributed by atoms with E-state index in [0.29, 0.717) is 18.9 Å². The topological polar surface area (TPSA) is 106 Å². The van der Waals surface area contributed by atoms with Gasteiger partial charge in [-0.3, -0.25) is 24.0 Å². The number of anilines is 1. The smallest absolute Gasteiger partial charge is 0.332 e. The van der Waals surface area contributed by atoms with E-state index in [2.05, 4.69) is 36.1 Å². The molecule has 0 spiro atoms. The third kappa shape index (κ3) is 6.75. The van der Waals surface area contributed by atoms with Crippen LogP contribution in [0.1, 0.15) is 39.2 Å². The molecule has 1 unspecified atom stereocenters. The molecule has 0 radical (unpaired) electrons. The fourth-order valence-electron chi connectivity index (χ4n) is 4.02. The molecule has 2 rings (SSSR count). The molecule has 10 nitrogen and oxygen atoms in total. The van der Waals surface area contributed by atoms with Gasteiger partial charge in [-0.2, -0.15) is 0 Å². The number of non-ortho nitro benzene ring substituents is 1. The zero-order chi connectivity index (χ0) is 24.5. The maximum atomic E-state index is 12.2. The van der Waals surface area contributed by atoms with Crippen LogP contribution in [-0.4, -0.2) is 56.3 Å². The number of nitrogens with one attached hydrogen (secondary N) is 1. The van der Waals surface area contributed by atoms with Crippen molar-refractivity contribution < 1.29 is 4.92 Å². The van der Waals surface area contributed by atoms with Crippen LogP contribution in [0.4, 0.5) is 11.5 Å². The number of hydrogen-bond donors (Lipinski definition) is 1. The van der Waals surface area contributed by atoms with Gasteiger partial charge in [-0.15, -0.1) is 0 Å². The summed E-state index contributed by atoms with van der Waals surface area (Å²) in [5.74, 6) is 0.501. The highest BCUT2D eigenvalue weighted by molar-refractivity contribution is 5.34. The minimum absolute atomic E-state index is 0.103. The Balaban J connectivity index is 2.09. The number of aryl methyl sites for hydroxylation is 1. The van der Waals surface area contributed by atoms with Crippen molar-refractivity contribution in [2.75, 3.05) is 31.5 Å². The van der Waals surface area contributed by atoms with Gasteiger partial charge in [-0.25, -0.2) is 14.8 Å². The van der Waals surface area contributed by atoms with Gasteiger partial charge in [0, 0.05) is 64.5 Å². The summed E-state index contributed by atoms with van der Waals surface area (Å²) in [6.45, 7) is 9.43. The molecule has 0 aliphatic rings. The van der Waals surface area contributed by atoms with Gasteiger partial charge in [0.05, 0.1) is 4.92 Å². The van der Waals surface area contributed by atoms with Gasteiger partial charge in [0.1, 0.15) is 5.82 Å². The fourth-order valence-corrected chi connectivity index (χ4v) is 4.02. The zero-order valence-corrected chi connectivity index (χ0v) is 20.3. The maximum Gasteiger partial charge on any atom is 0.332 e. The summed E-state index contributed by atoms with van der Waals surface area (Å²) >= 11 is 0. The zero-order valence-electron chi connectivity index (χ0n) is 20.3. The molecule has 0 aliphatic carbocycles. The Morgan fingerprint density at radius 3 is 2.24 bits per heavy atom. The minimum atomic E-state index is -0.383. The van der Waals surface area contributed by atoms with E-state index in [0.717, 1.165) is 42.5 Å². The average molecular weight is 461 g/mol. The Bertz CT molecular complexity index is 1030. The molecule has 10 heteroatoms. The molecule has 1 aromatic heterocycles.